The minimum atomic E-state index is -3.39. The third kappa shape index (κ3) is 3.60. The number of alkyl halides is 4. The molecule has 1 aromatic rings. The highest BCUT2D eigenvalue weighted by Crippen LogP contribution is 2.35. The van der Waals surface area contributed by atoms with Crippen molar-refractivity contribution in [2.24, 2.45) is 0 Å². The summed E-state index contributed by atoms with van der Waals surface area (Å²) in [5.74, 6) is -2.10. The highest BCUT2D eigenvalue weighted by Gasteiger charge is 2.26. The van der Waals surface area contributed by atoms with Gasteiger partial charge in [0.1, 0.15) is 11.3 Å². The first-order valence-electron chi connectivity index (χ1n) is 5.38. The van der Waals surface area contributed by atoms with Gasteiger partial charge in [-0.15, -0.1) is 0 Å². The Morgan fingerprint density at radius 2 is 2.00 bits per heavy atom. The predicted octanol–water partition coefficient (Wildman–Crippen LogP) is 3.27. The minimum absolute atomic E-state index is 0.0895. The summed E-state index contributed by atoms with van der Waals surface area (Å²) in [4.78, 5) is 11.6. The Labute approximate surface area is 111 Å². The third-order valence-corrected chi connectivity index (χ3v) is 2.18. The number of rotatable bonds is 5. The van der Waals surface area contributed by atoms with Gasteiger partial charge in [-0.1, -0.05) is 0 Å². The number of ether oxygens (including phenoxy) is 2. The Kier molecular flexibility index (Phi) is 5.32. The molecule has 0 atom stereocenters. The summed E-state index contributed by atoms with van der Waals surface area (Å²) in [5, 5.41) is 8.72. The molecule has 0 aromatic heterocycles. The molecule has 0 aliphatic rings. The molecule has 0 bridgehead atoms. The first-order valence-corrected chi connectivity index (χ1v) is 5.38. The van der Waals surface area contributed by atoms with Crippen molar-refractivity contribution in [3.63, 3.8) is 0 Å². The Balaban J connectivity index is 3.47. The lowest BCUT2D eigenvalue weighted by molar-refractivity contribution is -0.0525. The molecule has 0 aliphatic carbocycles. The zero-order valence-corrected chi connectivity index (χ0v) is 10.2. The van der Waals surface area contributed by atoms with Gasteiger partial charge >= 0.3 is 12.6 Å². The number of esters is 1. The maximum Gasteiger partial charge on any atom is 0.387 e. The van der Waals surface area contributed by atoms with Crippen LogP contribution < -0.4 is 4.74 Å². The van der Waals surface area contributed by atoms with E-state index < -0.39 is 35.9 Å². The van der Waals surface area contributed by atoms with Crippen molar-refractivity contribution in [3.05, 3.63) is 28.8 Å². The predicted molar refractivity (Wildman–Crippen MR) is 58.7 cm³/mol. The molecular weight excluding hydrogens is 282 g/mol. The van der Waals surface area contributed by atoms with Crippen molar-refractivity contribution in [2.45, 2.75) is 20.0 Å². The summed E-state index contributed by atoms with van der Waals surface area (Å²) in [7, 11) is 0. The molecule has 0 fully saturated rings. The maximum absolute atomic E-state index is 12.8. The SMILES string of the molecule is CCOC(=O)c1cc(C#N)cc(C(F)F)c1OC(F)F. The quantitative estimate of drug-likeness (QED) is 0.617. The largest absolute Gasteiger partial charge is 0.462 e. The number of carbonyl (C=O) groups excluding carboxylic acids is 1. The van der Waals surface area contributed by atoms with Gasteiger partial charge in [0.15, 0.2) is 0 Å². The van der Waals surface area contributed by atoms with E-state index in [0.29, 0.717) is 6.07 Å². The molecule has 0 radical (unpaired) electrons. The van der Waals surface area contributed by atoms with Crippen LogP contribution in [0.3, 0.4) is 0 Å². The lowest BCUT2D eigenvalue weighted by atomic mass is 10.0. The van der Waals surface area contributed by atoms with E-state index >= 15 is 0 Å². The Hall–Kier alpha value is -2.30. The lowest BCUT2D eigenvalue weighted by Gasteiger charge is -2.14. The van der Waals surface area contributed by atoms with E-state index in [1.54, 1.807) is 6.07 Å². The van der Waals surface area contributed by atoms with Gasteiger partial charge in [0.25, 0.3) is 6.43 Å². The highest BCUT2D eigenvalue weighted by atomic mass is 19.3. The van der Waals surface area contributed by atoms with E-state index in [1.165, 1.54) is 6.92 Å². The summed E-state index contributed by atoms with van der Waals surface area (Å²) in [6.45, 7) is -2.03. The van der Waals surface area contributed by atoms with Crippen molar-refractivity contribution < 1.29 is 31.8 Å². The second-order valence-corrected chi connectivity index (χ2v) is 3.45. The average molecular weight is 291 g/mol. The van der Waals surface area contributed by atoms with Crippen LogP contribution in [0.15, 0.2) is 12.1 Å². The van der Waals surface area contributed by atoms with Crippen LogP contribution in [0.4, 0.5) is 17.6 Å². The van der Waals surface area contributed by atoms with Gasteiger partial charge in [-0.3, -0.25) is 0 Å². The number of nitrogens with zero attached hydrogens (tertiary/aromatic N) is 1. The Bertz CT molecular complexity index is 540. The fraction of sp³-hybridized carbons (Fsp3) is 0.333. The second-order valence-electron chi connectivity index (χ2n) is 3.45. The topological polar surface area (TPSA) is 59.3 Å². The molecule has 108 valence electrons. The molecule has 20 heavy (non-hydrogen) atoms. The van der Waals surface area contributed by atoms with Gasteiger partial charge in [-0.2, -0.15) is 14.0 Å². The van der Waals surface area contributed by atoms with Gasteiger partial charge in [0, 0.05) is 0 Å². The Morgan fingerprint density at radius 3 is 2.45 bits per heavy atom. The lowest BCUT2D eigenvalue weighted by Crippen LogP contribution is -2.13. The molecule has 0 aliphatic heterocycles. The number of hydrogen-bond donors (Lipinski definition) is 0. The van der Waals surface area contributed by atoms with E-state index in [9.17, 15) is 22.4 Å². The standard InChI is InChI=1S/C12H9F4NO3/c1-2-19-11(18)8-4-6(5-17)3-7(10(13)14)9(8)20-12(15)16/h3-4,10,12H,2H2,1H3. The number of benzene rings is 1. The van der Waals surface area contributed by atoms with E-state index in [1.807, 2.05) is 0 Å². The first-order chi connectivity index (χ1) is 9.40. The van der Waals surface area contributed by atoms with Crippen LogP contribution in [-0.2, 0) is 4.74 Å². The summed E-state index contributed by atoms with van der Waals surface area (Å²) in [6, 6.07) is 3.10. The van der Waals surface area contributed by atoms with Crippen LogP contribution in [0.25, 0.3) is 0 Å². The number of halogens is 4. The summed E-state index contributed by atoms with van der Waals surface area (Å²) >= 11 is 0. The van der Waals surface area contributed by atoms with E-state index in [-0.39, 0.29) is 12.2 Å². The van der Waals surface area contributed by atoms with Gasteiger partial charge in [0.2, 0.25) is 0 Å². The fourth-order valence-corrected chi connectivity index (χ4v) is 1.46. The van der Waals surface area contributed by atoms with Gasteiger partial charge in [-0.05, 0) is 19.1 Å². The van der Waals surface area contributed by atoms with Crippen LogP contribution in [0.1, 0.15) is 34.8 Å². The van der Waals surface area contributed by atoms with E-state index in [0.717, 1.165) is 6.07 Å². The van der Waals surface area contributed by atoms with Gasteiger partial charge in [-0.25, -0.2) is 13.6 Å². The molecule has 0 heterocycles. The fourth-order valence-electron chi connectivity index (χ4n) is 1.46. The van der Waals surface area contributed by atoms with Crippen LogP contribution >= 0.6 is 0 Å². The first kappa shape index (κ1) is 15.8. The van der Waals surface area contributed by atoms with Crippen molar-refractivity contribution >= 4 is 5.97 Å². The number of hydrogen-bond acceptors (Lipinski definition) is 4. The number of nitriles is 1. The molecule has 0 unspecified atom stereocenters. The minimum Gasteiger partial charge on any atom is -0.462 e. The molecule has 8 heteroatoms. The molecule has 0 N–H and O–H groups in total. The van der Waals surface area contributed by atoms with Crippen LogP contribution in [0.5, 0.6) is 5.75 Å². The van der Waals surface area contributed by atoms with Gasteiger partial charge in [0.05, 0.1) is 23.8 Å². The zero-order chi connectivity index (χ0) is 15.3. The molecule has 4 nitrogen and oxygen atoms in total. The van der Waals surface area contributed by atoms with E-state index in [4.69, 9.17) is 5.26 Å². The molecular formula is C12H9F4NO3. The smallest absolute Gasteiger partial charge is 0.387 e. The second kappa shape index (κ2) is 6.75. The molecule has 0 spiro atoms. The van der Waals surface area contributed by atoms with Crippen LogP contribution in [0.2, 0.25) is 0 Å². The van der Waals surface area contributed by atoms with Crippen LogP contribution in [0, 0.1) is 11.3 Å². The Morgan fingerprint density at radius 1 is 1.35 bits per heavy atom. The van der Waals surface area contributed by atoms with E-state index in [2.05, 4.69) is 9.47 Å². The summed E-state index contributed by atoms with van der Waals surface area (Å²) in [6.07, 6.45) is -3.19. The van der Waals surface area contributed by atoms with Crippen molar-refractivity contribution in [3.8, 4) is 11.8 Å². The normalized spacial score (nSPS) is 10.5. The van der Waals surface area contributed by atoms with Crippen molar-refractivity contribution in [1.29, 1.82) is 5.26 Å². The molecule has 0 saturated heterocycles. The average Bonchev–Trinajstić information content (AvgIpc) is 2.38. The summed E-state index contributed by atoms with van der Waals surface area (Å²) < 4.78 is 58.8. The van der Waals surface area contributed by atoms with Crippen LogP contribution in [-0.4, -0.2) is 19.2 Å². The molecule has 0 amide bonds. The number of carbonyl (C=O) groups is 1. The van der Waals surface area contributed by atoms with Crippen molar-refractivity contribution in [1.82, 2.24) is 0 Å². The van der Waals surface area contributed by atoms with Gasteiger partial charge < -0.3 is 9.47 Å². The highest BCUT2D eigenvalue weighted by molar-refractivity contribution is 5.93. The molecule has 1 aromatic carbocycles. The zero-order valence-electron chi connectivity index (χ0n) is 10.2. The maximum atomic E-state index is 12.8. The van der Waals surface area contributed by atoms with Crippen molar-refractivity contribution in [2.75, 3.05) is 6.61 Å². The molecule has 0 saturated carbocycles. The monoisotopic (exact) mass is 291 g/mol. The summed E-state index contributed by atoms with van der Waals surface area (Å²) in [5.41, 5.74) is -1.89. The molecule has 1 rings (SSSR count). The third-order valence-electron chi connectivity index (χ3n) is 2.18.